The van der Waals surface area contributed by atoms with E-state index < -0.39 is 0 Å². The molecule has 0 bridgehead atoms. The van der Waals surface area contributed by atoms with E-state index in [2.05, 4.69) is 83.6 Å². The number of hydrogen-bond acceptors (Lipinski definition) is 7. The Morgan fingerprint density at radius 1 is 1.00 bits per heavy atom. The van der Waals surface area contributed by atoms with Crippen LogP contribution in [0.1, 0.15) is 57.1 Å². The smallest absolute Gasteiger partial charge is 0.251 e. The number of aromatic nitrogens is 2. The van der Waals surface area contributed by atoms with Gasteiger partial charge in [-0.1, -0.05) is 43.7 Å². The Morgan fingerprint density at radius 2 is 1.76 bits per heavy atom. The van der Waals surface area contributed by atoms with Gasteiger partial charge in [0.2, 0.25) is 0 Å². The number of hydrogen-bond donors (Lipinski definition) is 1. The molecule has 1 N–H and O–H groups in total. The van der Waals surface area contributed by atoms with Crippen molar-refractivity contribution in [3.63, 3.8) is 0 Å². The molecule has 4 aromatic rings. The average molecular weight is 678 g/mol. The third kappa shape index (κ3) is 9.01. The van der Waals surface area contributed by atoms with Gasteiger partial charge in [-0.15, -0.1) is 0 Å². The maximum absolute atomic E-state index is 13.9. The minimum absolute atomic E-state index is 0.0220. The van der Waals surface area contributed by atoms with Crippen molar-refractivity contribution < 1.29 is 19.0 Å². The van der Waals surface area contributed by atoms with Crippen LogP contribution in [0.15, 0.2) is 84.7 Å². The second-order valence-electron chi connectivity index (χ2n) is 13.5. The van der Waals surface area contributed by atoms with E-state index in [1.165, 1.54) is 5.56 Å². The Morgan fingerprint density at radius 3 is 2.48 bits per heavy atom. The van der Waals surface area contributed by atoms with Crippen LogP contribution in [0.2, 0.25) is 0 Å². The van der Waals surface area contributed by atoms with E-state index in [-0.39, 0.29) is 11.9 Å². The van der Waals surface area contributed by atoms with Crippen molar-refractivity contribution in [1.82, 2.24) is 14.7 Å². The van der Waals surface area contributed by atoms with Gasteiger partial charge in [0.25, 0.3) is 5.91 Å². The molecule has 1 amide bonds. The first-order chi connectivity index (χ1) is 24.4. The van der Waals surface area contributed by atoms with Crippen LogP contribution >= 0.6 is 0 Å². The van der Waals surface area contributed by atoms with Crippen molar-refractivity contribution in [1.29, 1.82) is 0 Å². The fourth-order valence-electron chi connectivity index (χ4n) is 6.81. The lowest BCUT2D eigenvalue weighted by molar-refractivity contribution is -0.112. The van der Waals surface area contributed by atoms with Crippen molar-refractivity contribution in [2.75, 3.05) is 50.3 Å². The fraction of sp³-hybridized carbons (Fsp3) is 0.415. The van der Waals surface area contributed by atoms with Crippen LogP contribution in [0.4, 0.5) is 17.1 Å². The summed E-state index contributed by atoms with van der Waals surface area (Å²) in [6.45, 7) is 8.73. The van der Waals surface area contributed by atoms with Gasteiger partial charge in [0.1, 0.15) is 12.4 Å². The lowest BCUT2D eigenvalue weighted by Gasteiger charge is -2.31. The third-order valence-electron chi connectivity index (χ3n) is 9.62. The molecule has 50 heavy (non-hydrogen) atoms. The van der Waals surface area contributed by atoms with E-state index in [0.717, 1.165) is 97.1 Å². The average Bonchev–Trinajstić information content (AvgIpc) is 3.50. The standard InChI is InChI=1S/C41H51N5O4/c1-5-6-19-48-22-23-50-39-14-9-32(10-15-39)33-11-16-40-34(25-33)26-35(24-30(2)46(40)38-27-42-45(4)29-38)41(47)43-36-12-7-31(8-13-36)28-44(3)37-17-20-49-21-18-37/h7-16,25-27,29-30,37H,5-6,17-24,28H2,1-4H3,(H,43,47). The first kappa shape index (κ1) is 35.4. The molecular formula is C41H51N5O4. The number of carbonyl (C=O) groups is 1. The number of benzene rings is 3. The van der Waals surface area contributed by atoms with Gasteiger partial charge >= 0.3 is 0 Å². The molecule has 264 valence electrons. The fourth-order valence-corrected chi connectivity index (χ4v) is 6.81. The Hall–Kier alpha value is -4.44. The molecule has 0 spiro atoms. The summed E-state index contributed by atoms with van der Waals surface area (Å²) in [5.74, 6) is 0.728. The Labute approximate surface area is 296 Å². The number of nitrogens with zero attached hydrogens (tertiary/aromatic N) is 4. The first-order valence-electron chi connectivity index (χ1n) is 18.0. The molecule has 1 fully saturated rings. The molecule has 1 unspecified atom stereocenters. The molecule has 1 saturated heterocycles. The topological polar surface area (TPSA) is 81.1 Å². The molecule has 9 nitrogen and oxygen atoms in total. The molecule has 3 heterocycles. The van der Waals surface area contributed by atoms with E-state index in [4.69, 9.17) is 14.2 Å². The molecule has 0 radical (unpaired) electrons. The van der Waals surface area contributed by atoms with Gasteiger partial charge in [-0.3, -0.25) is 14.4 Å². The van der Waals surface area contributed by atoms with Crippen LogP contribution in [0.5, 0.6) is 5.75 Å². The molecular weight excluding hydrogens is 626 g/mol. The summed E-state index contributed by atoms with van der Waals surface area (Å²) in [5.41, 5.74) is 7.90. The normalized spacial score (nSPS) is 16.5. The first-order valence-corrected chi connectivity index (χ1v) is 18.0. The molecule has 2 aliphatic rings. The number of amides is 1. The zero-order valence-corrected chi connectivity index (χ0v) is 29.9. The van der Waals surface area contributed by atoms with Crippen molar-refractivity contribution in [3.8, 4) is 16.9 Å². The van der Waals surface area contributed by atoms with Gasteiger partial charge in [-0.05, 0) is 104 Å². The van der Waals surface area contributed by atoms with Gasteiger partial charge < -0.3 is 24.4 Å². The summed E-state index contributed by atoms with van der Waals surface area (Å²) in [7, 11) is 4.11. The van der Waals surface area contributed by atoms with Crippen LogP contribution in [-0.2, 0) is 27.9 Å². The van der Waals surface area contributed by atoms with Crippen LogP contribution in [0.25, 0.3) is 17.2 Å². The van der Waals surface area contributed by atoms with Crippen LogP contribution in [0.3, 0.4) is 0 Å². The summed E-state index contributed by atoms with van der Waals surface area (Å²) in [6.07, 6.45) is 10.9. The van der Waals surface area contributed by atoms with Crippen LogP contribution in [0, 0.1) is 0 Å². The zero-order chi connectivity index (χ0) is 34.9. The van der Waals surface area contributed by atoms with E-state index in [1.807, 2.05) is 54.5 Å². The van der Waals surface area contributed by atoms with Gasteiger partial charge in [0, 0.05) is 68.6 Å². The predicted octanol–water partition coefficient (Wildman–Crippen LogP) is 7.85. The summed E-state index contributed by atoms with van der Waals surface area (Å²) < 4.78 is 18.9. The highest BCUT2D eigenvalue weighted by Crippen LogP contribution is 2.39. The van der Waals surface area contributed by atoms with Gasteiger partial charge in [0.15, 0.2) is 0 Å². The lowest BCUT2D eigenvalue weighted by atomic mass is 10.00. The maximum Gasteiger partial charge on any atom is 0.251 e. The molecule has 2 aliphatic heterocycles. The van der Waals surface area contributed by atoms with E-state index in [1.54, 1.807) is 0 Å². The molecule has 3 aromatic carbocycles. The summed E-state index contributed by atoms with van der Waals surface area (Å²) in [4.78, 5) is 18.6. The summed E-state index contributed by atoms with van der Waals surface area (Å²) in [6, 6.07) is 23.4. The second-order valence-corrected chi connectivity index (χ2v) is 13.5. The highest BCUT2D eigenvalue weighted by Gasteiger charge is 2.27. The van der Waals surface area contributed by atoms with E-state index in [9.17, 15) is 4.79 Å². The van der Waals surface area contributed by atoms with Crippen molar-refractivity contribution in [2.45, 2.75) is 64.6 Å². The largest absolute Gasteiger partial charge is 0.491 e. The number of fused-ring (bicyclic) bond motifs is 1. The number of ether oxygens (including phenoxy) is 3. The van der Waals surface area contributed by atoms with Crippen LogP contribution < -0.4 is 15.0 Å². The van der Waals surface area contributed by atoms with Gasteiger partial charge in [-0.25, -0.2) is 0 Å². The highest BCUT2D eigenvalue weighted by molar-refractivity contribution is 6.08. The maximum atomic E-state index is 13.9. The molecule has 9 heteroatoms. The molecule has 1 aromatic heterocycles. The van der Waals surface area contributed by atoms with Crippen molar-refractivity contribution in [2.24, 2.45) is 7.05 Å². The highest BCUT2D eigenvalue weighted by atomic mass is 16.5. The summed E-state index contributed by atoms with van der Waals surface area (Å²) >= 11 is 0. The number of carbonyl (C=O) groups excluding carboxylic acids is 1. The number of rotatable bonds is 14. The zero-order valence-electron chi connectivity index (χ0n) is 29.9. The lowest BCUT2D eigenvalue weighted by Crippen LogP contribution is -2.36. The third-order valence-corrected chi connectivity index (χ3v) is 9.62. The Kier molecular flexibility index (Phi) is 12.0. The minimum Gasteiger partial charge on any atom is -0.491 e. The minimum atomic E-state index is -0.0894. The van der Waals surface area contributed by atoms with Crippen molar-refractivity contribution >= 4 is 29.0 Å². The number of anilines is 3. The van der Waals surface area contributed by atoms with Gasteiger partial charge in [-0.2, -0.15) is 5.10 Å². The number of nitrogens with one attached hydrogen (secondary N) is 1. The Bertz CT molecular complexity index is 1730. The van der Waals surface area contributed by atoms with Crippen molar-refractivity contribution in [3.05, 3.63) is 95.8 Å². The molecule has 6 rings (SSSR count). The molecule has 0 aliphatic carbocycles. The SMILES string of the molecule is CCCCOCCOc1ccc(-c2ccc3c(c2)C=C(C(=O)Nc2ccc(CN(C)C4CCOCC4)cc2)CC(C)N3c2cnn(C)c2)cc1. The Balaban J connectivity index is 1.19. The number of aryl methyl sites for hydroxylation is 1. The summed E-state index contributed by atoms with van der Waals surface area (Å²) in [5, 5.41) is 7.64. The quantitative estimate of drug-likeness (QED) is 0.136. The number of unbranched alkanes of at least 4 members (excludes halogenated alkanes) is 1. The van der Waals surface area contributed by atoms with E-state index in [0.29, 0.717) is 25.7 Å². The second kappa shape index (κ2) is 17.0. The predicted molar refractivity (Wildman–Crippen MR) is 201 cm³/mol. The monoisotopic (exact) mass is 677 g/mol. The molecule has 0 saturated carbocycles. The molecule has 1 atom stereocenters. The van der Waals surface area contributed by atoms with E-state index >= 15 is 0 Å². The van der Waals surface area contributed by atoms with Crippen LogP contribution in [-0.4, -0.2) is 72.8 Å². The van der Waals surface area contributed by atoms with Gasteiger partial charge in [0.05, 0.1) is 18.5 Å².